The second-order valence-corrected chi connectivity index (χ2v) is 7.68. The maximum atomic E-state index is 12.7. The molecule has 3 rings (SSSR count). The molecule has 0 bridgehead atoms. The predicted octanol–water partition coefficient (Wildman–Crippen LogP) is 3.21. The van der Waals surface area contributed by atoms with Gasteiger partial charge in [0.05, 0.1) is 6.04 Å². The number of hydrogen-bond acceptors (Lipinski definition) is 3. The van der Waals surface area contributed by atoms with Crippen LogP contribution >= 0.6 is 11.8 Å². The van der Waals surface area contributed by atoms with Crippen molar-refractivity contribution in [2.75, 3.05) is 32.9 Å². The summed E-state index contributed by atoms with van der Waals surface area (Å²) in [5, 5.41) is 3.19. The molecule has 1 aromatic rings. The van der Waals surface area contributed by atoms with Crippen LogP contribution in [0.1, 0.15) is 31.4 Å². The van der Waals surface area contributed by atoms with Gasteiger partial charge in [-0.25, -0.2) is 4.79 Å². The normalized spacial score (nSPS) is 26.0. The van der Waals surface area contributed by atoms with Gasteiger partial charge in [0.2, 0.25) is 0 Å². The number of nitrogens with zero attached hydrogens (tertiary/aromatic N) is 2. The number of nitrogens with one attached hydrogen (secondary N) is 1. The van der Waals surface area contributed by atoms with Crippen LogP contribution in [-0.2, 0) is 0 Å². The zero-order valence-corrected chi connectivity index (χ0v) is 15.1. The predicted molar refractivity (Wildman–Crippen MR) is 95.9 cm³/mol. The third-order valence-corrected chi connectivity index (χ3v) is 6.03. The summed E-state index contributed by atoms with van der Waals surface area (Å²) in [6.45, 7) is 5.13. The molecule has 0 aliphatic carbocycles. The lowest BCUT2D eigenvalue weighted by molar-refractivity contribution is 0.129. The highest BCUT2D eigenvalue weighted by Gasteiger charge is 2.39. The minimum Gasteiger partial charge on any atom is -0.331 e. The van der Waals surface area contributed by atoms with E-state index in [9.17, 15) is 4.79 Å². The Bertz CT molecular complexity index is 548. The fourth-order valence-electron chi connectivity index (χ4n) is 3.79. The zero-order valence-electron chi connectivity index (χ0n) is 14.3. The van der Waals surface area contributed by atoms with Gasteiger partial charge < -0.3 is 15.1 Å². The molecule has 0 saturated carbocycles. The lowest BCUT2D eigenvalue weighted by atomic mass is 9.92. The van der Waals surface area contributed by atoms with Gasteiger partial charge >= 0.3 is 6.03 Å². The van der Waals surface area contributed by atoms with E-state index in [2.05, 4.69) is 59.6 Å². The fraction of sp³-hybridized carbons (Fsp3) is 0.611. The van der Waals surface area contributed by atoms with Gasteiger partial charge in [0.15, 0.2) is 0 Å². The maximum absolute atomic E-state index is 12.7. The van der Waals surface area contributed by atoms with Crippen molar-refractivity contribution in [3.05, 3.63) is 29.8 Å². The van der Waals surface area contributed by atoms with Crippen LogP contribution < -0.4 is 5.32 Å². The van der Waals surface area contributed by atoms with Gasteiger partial charge in [-0.1, -0.05) is 12.1 Å². The molecular formula is C18H27N3OS. The SMILES string of the molecule is CSc1ccc([C@@H](C)NC(=O)N2CC[C@@H]3CCN(C)C[C@@H]32)cc1. The van der Waals surface area contributed by atoms with Crippen LogP contribution in [0.3, 0.4) is 0 Å². The molecule has 0 spiro atoms. The molecule has 2 fully saturated rings. The van der Waals surface area contributed by atoms with Crippen LogP contribution in [0.15, 0.2) is 29.2 Å². The number of carbonyl (C=O) groups is 1. The highest BCUT2D eigenvalue weighted by Crippen LogP contribution is 2.31. The van der Waals surface area contributed by atoms with Crippen molar-refractivity contribution in [1.29, 1.82) is 0 Å². The molecule has 23 heavy (non-hydrogen) atoms. The summed E-state index contributed by atoms with van der Waals surface area (Å²) in [5.41, 5.74) is 1.16. The van der Waals surface area contributed by atoms with Gasteiger partial charge in [0, 0.05) is 24.0 Å². The molecule has 2 aliphatic heterocycles. The minimum atomic E-state index is 0.0405. The number of likely N-dealkylation sites (tertiary alicyclic amines) is 2. The van der Waals surface area contributed by atoms with Crippen molar-refractivity contribution < 1.29 is 4.79 Å². The number of benzene rings is 1. The van der Waals surface area contributed by atoms with Crippen LogP contribution in [0.25, 0.3) is 0 Å². The molecular weight excluding hydrogens is 306 g/mol. The average molecular weight is 334 g/mol. The maximum Gasteiger partial charge on any atom is 0.318 e. The number of urea groups is 1. The van der Waals surface area contributed by atoms with Gasteiger partial charge in [0.1, 0.15) is 0 Å². The van der Waals surface area contributed by atoms with Gasteiger partial charge in [0.25, 0.3) is 0 Å². The molecule has 0 radical (unpaired) electrons. The molecule has 0 unspecified atom stereocenters. The van der Waals surface area contributed by atoms with Crippen molar-refractivity contribution in [2.45, 2.75) is 36.7 Å². The summed E-state index contributed by atoms with van der Waals surface area (Å²) >= 11 is 1.74. The Labute approximate surface area is 143 Å². The Hall–Kier alpha value is -1.20. The van der Waals surface area contributed by atoms with Gasteiger partial charge in [-0.2, -0.15) is 0 Å². The lowest BCUT2D eigenvalue weighted by Gasteiger charge is -2.37. The molecule has 2 amide bonds. The number of carbonyl (C=O) groups excluding carboxylic acids is 1. The minimum absolute atomic E-state index is 0.0405. The third kappa shape index (κ3) is 3.66. The molecule has 0 aromatic heterocycles. The first-order valence-electron chi connectivity index (χ1n) is 8.48. The van der Waals surface area contributed by atoms with Crippen LogP contribution in [0.4, 0.5) is 4.79 Å². The number of thioether (sulfide) groups is 1. The van der Waals surface area contributed by atoms with E-state index >= 15 is 0 Å². The smallest absolute Gasteiger partial charge is 0.318 e. The third-order valence-electron chi connectivity index (χ3n) is 5.28. The van der Waals surface area contributed by atoms with E-state index in [-0.39, 0.29) is 12.1 Å². The summed E-state index contributed by atoms with van der Waals surface area (Å²) in [6.07, 6.45) is 4.45. The molecule has 5 heteroatoms. The first kappa shape index (κ1) is 16.7. The highest BCUT2D eigenvalue weighted by molar-refractivity contribution is 7.98. The highest BCUT2D eigenvalue weighted by atomic mass is 32.2. The molecule has 4 nitrogen and oxygen atoms in total. The average Bonchev–Trinajstić information content (AvgIpc) is 2.98. The van der Waals surface area contributed by atoms with Crippen molar-refractivity contribution in [2.24, 2.45) is 5.92 Å². The van der Waals surface area contributed by atoms with E-state index in [4.69, 9.17) is 0 Å². The van der Waals surface area contributed by atoms with Crippen molar-refractivity contribution in [3.63, 3.8) is 0 Å². The van der Waals surface area contributed by atoms with Gasteiger partial charge in [-0.3, -0.25) is 0 Å². The standard InChI is InChI=1S/C18H27N3OS/c1-13(14-4-6-16(23-3)7-5-14)19-18(22)21-11-9-15-8-10-20(2)12-17(15)21/h4-7,13,15,17H,8-12H2,1-3H3,(H,19,22)/t13-,15+,17+/m1/s1. The Morgan fingerprint density at radius 3 is 2.65 bits per heavy atom. The Kier molecular flexibility index (Phi) is 5.17. The number of rotatable bonds is 3. The molecule has 2 saturated heterocycles. The first-order chi connectivity index (χ1) is 11.1. The van der Waals surface area contributed by atoms with E-state index < -0.39 is 0 Å². The monoisotopic (exact) mass is 333 g/mol. The van der Waals surface area contributed by atoms with Crippen LogP contribution in [0.2, 0.25) is 0 Å². The number of fused-ring (bicyclic) bond motifs is 1. The molecule has 1 N–H and O–H groups in total. The Morgan fingerprint density at radius 1 is 1.26 bits per heavy atom. The summed E-state index contributed by atoms with van der Waals surface area (Å²) in [4.78, 5) is 18.4. The quantitative estimate of drug-likeness (QED) is 0.863. The summed E-state index contributed by atoms with van der Waals surface area (Å²) in [6, 6.07) is 8.97. The second kappa shape index (κ2) is 7.14. The van der Waals surface area contributed by atoms with Crippen LogP contribution in [0.5, 0.6) is 0 Å². The lowest BCUT2D eigenvalue weighted by Crippen LogP contribution is -2.51. The van der Waals surface area contributed by atoms with Gasteiger partial charge in [-0.15, -0.1) is 11.8 Å². The van der Waals surface area contributed by atoms with Crippen LogP contribution in [-0.4, -0.2) is 54.8 Å². The summed E-state index contributed by atoms with van der Waals surface area (Å²) < 4.78 is 0. The van der Waals surface area contributed by atoms with Crippen molar-refractivity contribution in [1.82, 2.24) is 15.1 Å². The molecule has 126 valence electrons. The van der Waals surface area contributed by atoms with E-state index in [1.54, 1.807) is 11.8 Å². The van der Waals surface area contributed by atoms with E-state index in [0.717, 1.165) is 31.6 Å². The molecule has 3 atom stereocenters. The number of hydrogen-bond donors (Lipinski definition) is 1. The van der Waals surface area contributed by atoms with Crippen molar-refractivity contribution in [3.8, 4) is 0 Å². The zero-order chi connectivity index (χ0) is 16.4. The van der Waals surface area contributed by atoms with E-state index in [1.807, 2.05) is 0 Å². The molecule has 2 heterocycles. The number of likely N-dealkylation sites (N-methyl/N-ethyl adjacent to an activating group) is 1. The number of piperidine rings is 1. The Balaban J connectivity index is 1.61. The van der Waals surface area contributed by atoms with E-state index in [1.165, 1.54) is 11.3 Å². The molecule has 1 aromatic carbocycles. The number of amides is 2. The summed E-state index contributed by atoms with van der Waals surface area (Å²) in [7, 11) is 2.15. The second-order valence-electron chi connectivity index (χ2n) is 6.80. The topological polar surface area (TPSA) is 35.6 Å². The van der Waals surface area contributed by atoms with Crippen LogP contribution in [0, 0.1) is 5.92 Å². The van der Waals surface area contributed by atoms with Crippen molar-refractivity contribution >= 4 is 17.8 Å². The van der Waals surface area contributed by atoms with E-state index in [0.29, 0.717) is 12.0 Å². The first-order valence-corrected chi connectivity index (χ1v) is 9.70. The fourth-order valence-corrected chi connectivity index (χ4v) is 4.20. The molecule has 2 aliphatic rings. The van der Waals surface area contributed by atoms with Gasteiger partial charge in [-0.05, 0) is 63.2 Å². The largest absolute Gasteiger partial charge is 0.331 e. The Morgan fingerprint density at radius 2 is 1.96 bits per heavy atom. The summed E-state index contributed by atoms with van der Waals surface area (Å²) in [5.74, 6) is 0.688.